The molecular formula is C24H36FN7O4. The van der Waals surface area contributed by atoms with Crippen molar-refractivity contribution in [1.82, 2.24) is 29.3 Å². The molecule has 2 aliphatic heterocycles. The van der Waals surface area contributed by atoms with Crippen LogP contribution in [-0.4, -0.2) is 91.6 Å². The predicted octanol–water partition coefficient (Wildman–Crippen LogP) is 3.69. The number of nitrogens with zero attached hydrogens (tertiary/aromatic N) is 6. The Morgan fingerprint density at radius 2 is 1.83 bits per heavy atom. The molecule has 2 amide bonds. The fraction of sp³-hybridized carbons (Fsp3) is 0.708. The van der Waals surface area contributed by atoms with Crippen LogP contribution in [0.3, 0.4) is 0 Å². The average molecular weight is 506 g/mol. The fourth-order valence-electron chi connectivity index (χ4n) is 4.37. The van der Waals surface area contributed by atoms with Gasteiger partial charge >= 0.3 is 12.2 Å². The van der Waals surface area contributed by atoms with Crippen LogP contribution < -0.4 is 5.32 Å². The largest absolute Gasteiger partial charge is 0.446 e. The maximum atomic E-state index is 14.8. The van der Waals surface area contributed by atoms with Gasteiger partial charge in [0, 0.05) is 25.2 Å². The number of alkyl halides is 1. The third-order valence-electron chi connectivity index (χ3n) is 6.24. The summed E-state index contributed by atoms with van der Waals surface area (Å²) in [5.74, 6) is 1.35. The van der Waals surface area contributed by atoms with Crippen LogP contribution in [0.15, 0.2) is 6.33 Å². The van der Waals surface area contributed by atoms with Gasteiger partial charge in [-0.3, -0.25) is 0 Å². The molecule has 0 unspecified atom stereocenters. The quantitative estimate of drug-likeness (QED) is 0.654. The minimum Gasteiger partial charge on any atom is -0.446 e. The first kappa shape index (κ1) is 25.9. The molecule has 0 bridgehead atoms. The van der Waals surface area contributed by atoms with Crippen LogP contribution >= 0.6 is 0 Å². The van der Waals surface area contributed by atoms with E-state index in [1.54, 1.807) is 32.0 Å². The van der Waals surface area contributed by atoms with Gasteiger partial charge < -0.3 is 29.2 Å². The van der Waals surface area contributed by atoms with Crippen molar-refractivity contribution in [2.45, 2.75) is 77.7 Å². The molecule has 11 nitrogen and oxygen atoms in total. The van der Waals surface area contributed by atoms with Crippen LogP contribution in [0.25, 0.3) is 11.2 Å². The van der Waals surface area contributed by atoms with Crippen LogP contribution in [0.5, 0.6) is 0 Å². The summed E-state index contributed by atoms with van der Waals surface area (Å²) in [6.45, 7) is 11.5. The van der Waals surface area contributed by atoms with E-state index in [9.17, 15) is 14.0 Å². The number of imidazole rings is 1. The van der Waals surface area contributed by atoms with Crippen LogP contribution in [0, 0.1) is 6.92 Å². The van der Waals surface area contributed by atoms with Gasteiger partial charge in [0.05, 0.1) is 19.4 Å². The number of aryl methyl sites for hydroxylation is 1. The third-order valence-corrected chi connectivity index (χ3v) is 6.24. The number of aromatic nitrogens is 4. The van der Waals surface area contributed by atoms with Crippen molar-refractivity contribution < 1.29 is 23.5 Å². The van der Waals surface area contributed by atoms with Crippen molar-refractivity contribution in [3.05, 3.63) is 12.2 Å². The normalized spacial score (nSPS) is 18.3. The van der Waals surface area contributed by atoms with E-state index < -0.39 is 23.5 Å². The number of hydrogen-bond donors (Lipinski definition) is 1. The highest BCUT2D eigenvalue weighted by atomic mass is 19.1. The molecule has 0 atom stereocenters. The molecule has 2 saturated heterocycles. The number of amides is 2. The Balaban J connectivity index is 1.24. The number of likely N-dealkylation sites (tertiary alicyclic amines) is 2. The molecule has 0 aromatic carbocycles. The monoisotopic (exact) mass is 505 g/mol. The summed E-state index contributed by atoms with van der Waals surface area (Å²) in [5.41, 5.74) is -0.873. The molecule has 0 saturated carbocycles. The van der Waals surface area contributed by atoms with Gasteiger partial charge in [-0.25, -0.2) is 28.9 Å². The Morgan fingerprint density at radius 3 is 2.44 bits per heavy atom. The summed E-state index contributed by atoms with van der Waals surface area (Å²) < 4.78 is 27.3. The van der Waals surface area contributed by atoms with E-state index in [-0.39, 0.29) is 31.8 Å². The van der Waals surface area contributed by atoms with E-state index in [1.807, 2.05) is 11.5 Å². The molecule has 36 heavy (non-hydrogen) atoms. The highest BCUT2D eigenvalue weighted by Gasteiger charge is 2.48. The summed E-state index contributed by atoms with van der Waals surface area (Å²) in [5, 5.41) is 3.47. The maximum Gasteiger partial charge on any atom is 0.410 e. The average Bonchev–Trinajstić information content (AvgIpc) is 3.19. The van der Waals surface area contributed by atoms with Crippen LogP contribution in [0.4, 0.5) is 19.8 Å². The Hall–Kier alpha value is -3.18. The first-order valence-corrected chi connectivity index (χ1v) is 12.4. The number of anilines is 1. The highest BCUT2D eigenvalue weighted by molar-refractivity contribution is 5.83. The fourth-order valence-corrected chi connectivity index (χ4v) is 4.37. The van der Waals surface area contributed by atoms with E-state index in [2.05, 4.69) is 34.1 Å². The first-order chi connectivity index (χ1) is 16.8. The summed E-state index contributed by atoms with van der Waals surface area (Å²) in [6.07, 6.45) is 2.05. The zero-order valence-corrected chi connectivity index (χ0v) is 21.9. The molecule has 2 aliphatic rings. The van der Waals surface area contributed by atoms with Gasteiger partial charge in [-0.05, 0) is 54.4 Å². The zero-order valence-electron chi connectivity index (χ0n) is 21.9. The second-order valence-electron chi connectivity index (χ2n) is 11.0. The molecule has 1 N–H and O–H groups in total. The van der Waals surface area contributed by atoms with Crippen LogP contribution in [0.1, 0.15) is 59.3 Å². The van der Waals surface area contributed by atoms with Crippen LogP contribution in [-0.2, 0) is 9.47 Å². The smallest absolute Gasteiger partial charge is 0.410 e. The number of ether oxygens (including phenoxy) is 2. The number of carbonyl (C=O) groups excluding carboxylic acids is 2. The highest BCUT2D eigenvalue weighted by Crippen LogP contribution is 2.28. The Labute approximate surface area is 210 Å². The number of fused-ring (bicyclic) bond motifs is 1. The molecule has 198 valence electrons. The summed E-state index contributed by atoms with van der Waals surface area (Å²) >= 11 is 0. The van der Waals surface area contributed by atoms with Crippen molar-refractivity contribution in [2.24, 2.45) is 0 Å². The number of hydrogen-bond acceptors (Lipinski definition) is 8. The van der Waals surface area contributed by atoms with Gasteiger partial charge in [0.25, 0.3) is 0 Å². The number of carbonyl (C=O) groups is 2. The Morgan fingerprint density at radius 1 is 1.17 bits per heavy atom. The molecular weight excluding hydrogens is 469 g/mol. The molecule has 4 heterocycles. The lowest BCUT2D eigenvalue weighted by Gasteiger charge is -2.44. The standard InChI is InChI=1S/C24H36FN7O4/c1-15(2)32-14-26-18-19(27-16(3)28-20(18)32)29-17-7-9-30(10-8-17)21(33)35-13-24(25)11-31(12-24)22(34)36-23(4,5)6/h14-15,17H,7-13H2,1-6H3,(H,27,28,29). The zero-order chi connectivity index (χ0) is 26.3. The van der Waals surface area contributed by atoms with Gasteiger partial charge in [-0.2, -0.15) is 0 Å². The molecule has 0 radical (unpaired) electrons. The van der Waals surface area contributed by atoms with Crippen molar-refractivity contribution in [3.63, 3.8) is 0 Å². The van der Waals surface area contributed by atoms with E-state index in [0.717, 1.165) is 11.2 Å². The molecule has 2 aromatic rings. The van der Waals surface area contributed by atoms with Crippen LogP contribution in [0.2, 0.25) is 0 Å². The predicted molar refractivity (Wildman–Crippen MR) is 132 cm³/mol. The first-order valence-electron chi connectivity index (χ1n) is 12.4. The van der Waals surface area contributed by atoms with Gasteiger partial charge in [-0.1, -0.05) is 0 Å². The number of halogens is 1. The number of rotatable bonds is 5. The lowest BCUT2D eigenvalue weighted by atomic mass is 9.98. The van der Waals surface area contributed by atoms with Crippen molar-refractivity contribution >= 4 is 29.2 Å². The van der Waals surface area contributed by atoms with Gasteiger partial charge in [0.2, 0.25) is 0 Å². The number of piperidine rings is 1. The molecule has 4 rings (SSSR count). The summed E-state index contributed by atoms with van der Waals surface area (Å²) in [6, 6.07) is 0.340. The Bertz CT molecular complexity index is 1120. The molecule has 2 aromatic heterocycles. The van der Waals surface area contributed by atoms with Gasteiger partial charge in [0.15, 0.2) is 17.1 Å². The SMILES string of the molecule is Cc1nc(NC2CCN(C(=O)OCC3(F)CN(C(=O)OC(C)(C)C)C3)CC2)c2ncn(C(C)C)c2n1. The maximum absolute atomic E-state index is 14.8. The van der Waals surface area contributed by atoms with Crippen molar-refractivity contribution in [2.75, 3.05) is 38.1 Å². The van der Waals surface area contributed by atoms with Gasteiger partial charge in [0.1, 0.15) is 23.5 Å². The topological polar surface area (TPSA) is 115 Å². The van der Waals surface area contributed by atoms with Crippen molar-refractivity contribution in [3.8, 4) is 0 Å². The number of nitrogens with one attached hydrogen (secondary N) is 1. The minimum absolute atomic E-state index is 0.109. The second-order valence-corrected chi connectivity index (χ2v) is 11.0. The van der Waals surface area contributed by atoms with Gasteiger partial charge in [-0.15, -0.1) is 0 Å². The van der Waals surface area contributed by atoms with E-state index in [0.29, 0.717) is 37.6 Å². The lowest BCUT2D eigenvalue weighted by molar-refractivity contribution is -0.0784. The third kappa shape index (κ3) is 5.79. The second kappa shape index (κ2) is 9.70. The Kier molecular flexibility index (Phi) is 6.98. The van der Waals surface area contributed by atoms with E-state index >= 15 is 0 Å². The lowest BCUT2D eigenvalue weighted by Crippen LogP contribution is -2.64. The van der Waals surface area contributed by atoms with E-state index in [1.165, 1.54) is 4.90 Å². The minimum atomic E-state index is -1.75. The van der Waals surface area contributed by atoms with E-state index in [4.69, 9.17) is 9.47 Å². The molecule has 2 fully saturated rings. The molecule has 12 heteroatoms. The van der Waals surface area contributed by atoms with Crippen molar-refractivity contribution in [1.29, 1.82) is 0 Å². The molecule has 0 aliphatic carbocycles. The summed E-state index contributed by atoms with van der Waals surface area (Å²) in [4.78, 5) is 41.0. The summed E-state index contributed by atoms with van der Waals surface area (Å²) in [7, 11) is 0. The molecule has 0 spiro atoms.